The summed E-state index contributed by atoms with van der Waals surface area (Å²) in [6.45, 7) is 3.75. The fourth-order valence-electron chi connectivity index (χ4n) is 3.69. The predicted molar refractivity (Wildman–Crippen MR) is 131 cm³/mol. The summed E-state index contributed by atoms with van der Waals surface area (Å²) in [5.74, 6) is -0.486. The van der Waals surface area contributed by atoms with Gasteiger partial charge in [-0.3, -0.25) is 4.79 Å². The molecule has 0 aliphatic rings. The van der Waals surface area contributed by atoms with Gasteiger partial charge in [-0.1, -0.05) is 60.3 Å². The summed E-state index contributed by atoms with van der Waals surface area (Å²) in [6, 6.07) is 14.9. The van der Waals surface area contributed by atoms with Gasteiger partial charge in [0, 0.05) is 16.1 Å². The van der Waals surface area contributed by atoms with Crippen LogP contribution in [0.25, 0.3) is 11.0 Å². The molecule has 0 aliphatic heterocycles. The van der Waals surface area contributed by atoms with Gasteiger partial charge in [-0.25, -0.2) is 4.79 Å². The fraction of sp³-hybridized carbons (Fsp3) is 0.154. The van der Waals surface area contributed by atoms with Gasteiger partial charge in [-0.2, -0.15) is 0 Å². The molecular formula is C26H19Cl3O4. The molecule has 1 heterocycles. The van der Waals surface area contributed by atoms with Crippen LogP contribution in [0.4, 0.5) is 0 Å². The van der Waals surface area contributed by atoms with Gasteiger partial charge in [0.2, 0.25) is 5.78 Å². The van der Waals surface area contributed by atoms with Gasteiger partial charge in [0.1, 0.15) is 5.75 Å². The smallest absolute Gasteiger partial charge is 0.345 e. The normalized spacial score (nSPS) is 11.1. The van der Waals surface area contributed by atoms with Crippen molar-refractivity contribution in [2.45, 2.75) is 26.7 Å². The van der Waals surface area contributed by atoms with Crippen LogP contribution in [0.5, 0.6) is 5.75 Å². The number of fused-ring (bicyclic) bond motifs is 1. The number of aryl methyl sites for hydroxylation is 2. The van der Waals surface area contributed by atoms with Gasteiger partial charge in [0.25, 0.3) is 0 Å². The third-order valence-electron chi connectivity index (χ3n) is 5.30. The van der Waals surface area contributed by atoms with Crippen LogP contribution in [0.15, 0.2) is 59.0 Å². The predicted octanol–water partition coefficient (Wildman–Crippen LogP) is 8.10. The number of hydrogen-bond donors (Lipinski definition) is 0. The summed E-state index contributed by atoms with van der Waals surface area (Å²) >= 11 is 18.7. The molecule has 0 aliphatic carbocycles. The Morgan fingerprint density at radius 2 is 1.67 bits per heavy atom. The third kappa shape index (κ3) is 4.51. The molecule has 33 heavy (non-hydrogen) atoms. The van der Waals surface area contributed by atoms with Gasteiger partial charge in [-0.15, -0.1) is 0 Å². The number of furan rings is 1. The van der Waals surface area contributed by atoms with Crippen molar-refractivity contribution >= 4 is 57.5 Å². The van der Waals surface area contributed by atoms with E-state index < -0.39 is 5.97 Å². The summed E-state index contributed by atoms with van der Waals surface area (Å²) < 4.78 is 11.8. The molecular weight excluding hydrogens is 483 g/mol. The second-order valence-electron chi connectivity index (χ2n) is 7.56. The zero-order valence-corrected chi connectivity index (χ0v) is 20.1. The highest BCUT2D eigenvalue weighted by Crippen LogP contribution is 2.42. The van der Waals surface area contributed by atoms with E-state index in [0.29, 0.717) is 38.7 Å². The Bertz CT molecular complexity index is 1370. The lowest BCUT2D eigenvalue weighted by Crippen LogP contribution is -2.11. The maximum absolute atomic E-state index is 13.2. The molecule has 0 atom stereocenters. The van der Waals surface area contributed by atoms with Crippen molar-refractivity contribution in [1.82, 2.24) is 0 Å². The summed E-state index contributed by atoms with van der Waals surface area (Å²) in [7, 11) is 0. The first-order chi connectivity index (χ1) is 15.8. The Morgan fingerprint density at radius 1 is 0.970 bits per heavy atom. The number of rotatable bonds is 6. The number of carbonyl (C=O) groups is 2. The van der Waals surface area contributed by atoms with E-state index in [2.05, 4.69) is 0 Å². The average Bonchev–Trinajstić information content (AvgIpc) is 3.14. The summed E-state index contributed by atoms with van der Waals surface area (Å²) in [4.78, 5) is 26.1. The van der Waals surface area contributed by atoms with E-state index in [0.717, 1.165) is 12.0 Å². The van der Waals surface area contributed by atoms with E-state index >= 15 is 0 Å². The van der Waals surface area contributed by atoms with Gasteiger partial charge >= 0.3 is 5.97 Å². The quantitative estimate of drug-likeness (QED) is 0.152. The highest BCUT2D eigenvalue weighted by atomic mass is 35.5. The lowest BCUT2D eigenvalue weighted by atomic mass is 10.0. The number of benzene rings is 3. The summed E-state index contributed by atoms with van der Waals surface area (Å²) in [6.07, 6.45) is 1.41. The SMILES string of the molecule is CCCc1cc(Cl)c2oc(C(=O)c3ccc(Cl)cc3)c(C)c2c1OC(=O)c1ccccc1Cl. The number of ether oxygens (including phenoxy) is 1. The minimum absolute atomic E-state index is 0.123. The standard InChI is InChI=1S/C26H19Cl3O4/c1-3-6-16-13-20(29)25-21(24(16)33-26(31)18-7-4-5-8-19(18)28)14(2)23(32-25)22(30)15-9-11-17(27)12-10-15/h4-5,7-13H,3,6H2,1-2H3. The monoisotopic (exact) mass is 500 g/mol. The Balaban J connectivity index is 1.87. The first-order valence-corrected chi connectivity index (χ1v) is 11.5. The molecule has 0 fully saturated rings. The van der Waals surface area contributed by atoms with Crippen LogP contribution < -0.4 is 4.74 Å². The van der Waals surface area contributed by atoms with Crippen molar-refractivity contribution in [2.75, 3.05) is 0 Å². The van der Waals surface area contributed by atoms with Crippen LogP contribution in [-0.4, -0.2) is 11.8 Å². The number of halogens is 3. The van der Waals surface area contributed by atoms with Gasteiger partial charge in [0.05, 0.1) is 21.0 Å². The minimum atomic E-state index is -0.604. The molecule has 3 aromatic carbocycles. The molecule has 0 saturated heterocycles. The summed E-state index contributed by atoms with van der Waals surface area (Å²) in [5, 5.41) is 1.63. The Hall–Kier alpha value is -2.79. The fourth-order valence-corrected chi connectivity index (χ4v) is 4.30. The zero-order chi connectivity index (χ0) is 23.7. The number of carbonyl (C=O) groups excluding carboxylic acids is 2. The molecule has 4 rings (SSSR count). The molecule has 168 valence electrons. The largest absolute Gasteiger partial charge is 0.451 e. The van der Waals surface area contributed by atoms with Crippen molar-refractivity contribution in [1.29, 1.82) is 0 Å². The van der Waals surface area contributed by atoms with Crippen LogP contribution in [0.3, 0.4) is 0 Å². The highest BCUT2D eigenvalue weighted by molar-refractivity contribution is 6.36. The van der Waals surface area contributed by atoms with Crippen LogP contribution in [0.1, 0.15) is 50.9 Å². The van der Waals surface area contributed by atoms with Gasteiger partial charge in [0.15, 0.2) is 11.3 Å². The van der Waals surface area contributed by atoms with Crippen molar-refractivity contribution in [3.63, 3.8) is 0 Å². The first-order valence-electron chi connectivity index (χ1n) is 10.3. The second kappa shape index (κ2) is 9.60. The molecule has 0 saturated carbocycles. The Labute approximate surface area is 206 Å². The van der Waals surface area contributed by atoms with Gasteiger partial charge in [-0.05, 0) is 61.4 Å². The molecule has 0 radical (unpaired) electrons. The van der Waals surface area contributed by atoms with Crippen LogP contribution in [0, 0.1) is 6.92 Å². The van der Waals surface area contributed by atoms with E-state index in [-0.39, 0.29) is 27.7 Å². The highest BCUT2D eigenvalue weighted by Gasteiger charge is 2.27. The van der Waals surface area contributed by atoms with E-state index in [1.807, 2.05) is 6.92 Å². The second-order valence-corrected chi connectivity index (χ2v) is 8.81. The first kappa shape index (κ1) is 23.4. The lowest BCUT2D eigenvalue weighted by Gasteiger charge is -2.13. The molecule has 0 amide bonds. The topological polar surface area (TPSA) is 56.5 Å². The maximum atomic E-state index is 13.2. The van der Waals surface area contributed by atoms with Crippen molar-refractivity contribution in [3.05, 3.63) is 97.7 Å². The van der Waals surface area contributed by atoms with Crippen LogP contribution >= 0.6 is 34.8 Å². The van der Waals surface area contributed by atoms with Gasteiger partial charge < -0.3 is 9.15 Å². The Kier molecular flexibility index (Phi) is 6.80. The minimum Gasteiger partial charge on any atom is -0.451 e. The Morgan fingerprint density at radius 3 is 2.33 bits per heavy atom. The van der Waals surface area contributed by atoms with Crippen molar-refractivity contribution in [3.8, 4) is 5.75 Å². The molecule has 1 aromatic heterocycles. The van der Waals surface area contributed by atoms with Crippen LogP contribution in [0.2, 0.25) is 15.1 Å². The van der Waals surface area contributed by atoms with E-state index in [1.54, 1.807) is 61.5 Å². The van der Waals surface area contributed by atoms with Crippen molar-refractivity contribution in [2.24, 2.45) is 0 Å². The molecule has 0 unspecified atom stereocenters. The zero-order valence-electron chi connectivity index (χ0n) is 17.9. The molecule has 7 heteroatoms. The molecule has 4 nitrogen and oxygen atoms in total. The number of hydrogen-bond acceptors (Lipinski definition) is 4. The third-order valence-corrected chi connectivity index (χ3v) is 6.17. The van der Waals surface area contributed by atoms with E-state index in [1.165, 1.54) is 0 Å². The van der Waals surface area contributed by atoms with E-state index in [4.69, 9.17) is 44.0 Å². The summed E-state index contributed by atoms with van der Waals surface area (Å²) in [5.41, 5.74) is 2.22. The molecule has 0 N–H and O–H groups in total. The average molecular weight is 502 g/mol. The maximum Gasteiger partial charge on any atom is 0.345 e. The van der Waals surface area contributed by atoms with Crippen molar-refractivity contribution < 1.29 is 18.7 Å². The molecule has 0 spiro atoms. The molecule has 0 bridgehead atoms. The number of esters is 1. The van der Waals surface area contributed by atoms with Crippen LogP contribution in [-0.2, 0) is 6.42 Å². The lowest BCUT2D eigenvalue weighted by molar-refractivity contribution is 0.0735. The van der Waals surface area contributed by atoms with E-state index in [9.17, 15) is 9.59 Å². The number of ketones is 1. The molecule has 4 aromatic rings.